The Morgan fingerprint density at radius 3 is 2.24 bits per heavy atom. The van der Waals surface area contributed by atoms with Crippen molar-refractivity contribution in [2.75, 3.05) is 11.5 Å². The Hall–Kier alpha value is -2.74. The van der Waals surface area contributed by atoms with Gasteiger partial charge in [0.2, 0.25) is 0 Å². The van der Waals surface area contributed by atoms with Gasteiger partial charge in [-0.3, -0.25) is 14.9 Å². The van der Waals surface area contributed by atoms with Crippen LogP contribution in [0.1, 0.15) is 47.7 Å². The summed E-state index contributed by atoms with van der Waals surface area (Å²) in [5.74, 6) is 0.0702. The number of non-ortho nitro benzene ring substituents is 1. The van der Waals surface area contributed by atoms with E-state index in [9.17, 15) is 23.3 Å². The van der Waals surface area contributed by atoms with Crippen molar-refractivity contribution in [1.82, 2.24) is 4.90 Å². The lowest BCUT2D eigenvalue weighted by molar-refractivity contribution is -0.384. The van der Waals surface area contributed by atoms with E-state index in [0.717, 1.165) is 5.56 Å². The lowest BCUT2D eigenvalue weighted by Crippen LogP contribution is -2.40. The number of hydrogen-bond donors (Lipinski definition) is 0. The molecular formula is C21H24N2O5S. The molecule has 1 aliphatic heterocycles. The topological polar surface area (TPSA) is 97.6 Å². The van der Waals surface area contributed by atoms with E-state index in [0.29, 0.717) is 17.9 Å². The smallest absolute Gasteiger partial charge is 0.269 e. The molecule has 1 amide bonds. The highest BCUT2D eigenvalue weighted by Crippen LogP contribution is 2.24. The minimum absolute atomic E-state index is 0.0597. The lowest BCUT2D eigenvalue weighted by Gasteiger charge is -2.28. The van der Waals surface area contributed by atoms with Crippen LogP contribution in [0.2, 0.25) is 0 Å². The van der Waals surface area contributed by atoms with Crippen molar-refractivity contribution >= 4 is 21.4 Å². The molecule has 1 aliphatic rings. The van der Waals surface area contributed by atoms with Crippen LogP contribution in [0.15, 0.2) is 48.5 Å². The largest absolute Gasteiger partial charge is 0.330 e. The van der Waals surface area contributed by atoms with Gasteiger partial charge in [-0.25, -0.2) is 8.42 Å². The second-order valence-electron chi connectivity index (χ2n) is 7.69. The van der Waals surface area contributed by atoms with Crippen molar-refractivity contribution in [3.63, 3.8) is 0 Å². The van der Waals surface area contributed by atoms with E-state index in [1.165, 1.54) is 29.8 Å². The summed E-state index contributed by atoms with van der Waals surface area (Å²) in [6.45, 7) is 4.49. The van der Waals surface area contributed by atoms with Crippen molar-refractivity contribution in [3.05, 3.63) is 75.3 Å². The molecule has 1 atom stereocenters. The molecule has 7 nitrogen and oxygen atoms in total. The number of rotatable bonds is 6. The summed E-state index contributed by atoms with van der Waals surface area (Å²) in [6.07, 6.45) is 0.394. The third kappa shape index (κ3) is 5.00. The monoisotopic (exact) mass is 416 g/mol. The normalized spacial score (nSPS) is 18.0. The van der Waals surface area contributed by atoms with Crippen LogP contribution < -0.4 is 0 Å². The molecule has 2 aromatic carbocycles. The zero-order valence-corrected chi connectivity index (χ0v) is 17.3. The highest BCUT2D eigenvalue weighted by atomic mass is 32.2. The van der Waals surface area contributed by atoms with E-state index in [1.54, 1.807) is 4.90 Å². The second-order valence-corrected chi connectivity index (χ2v) is 9.92. The van der Waals surface area contributed by atoms with E-state index in [4.69, 9.17) is 0 Å². The summed E-state index contributed by atoms with van der Waals surface area (Å²) in [7, 11) is -3.17. The van der Waals surface area contributed by atoms with E-state index in [2.05, 4.69) is 13.8 Å². The average Bonchev–Trinajstić information content (AvgIpc) is 3.05. The minimum atomic E-state index is -3.17. The lowest BCUT2D eigenvalue weighted by atomic mass is 10.0. The summed E-state index contributed by atoms with van der Waals surface area (Å²) in [6, 6.07) is 12.9. The first-order valence-corrected chi connectivity index (χ1v) is 11.3. The molecule has 0 aromatic heterocycles. The van der Waals surface area contributed by atoms with E-state index in [-0.39, 0.29) is 29.6 Å². The number of benzene rings is 2. The molecule has 1 heterocycles. The van der Waals surface area contributed by atoms with Crippen LogP contribution >= 0.6 is 0 Å². The van der Waals surface area contributed by atoms with Gasteiger partial charge in [0.25, 0.3) is 11.6 Å². The molecule has 0 saturated carbocycles. The van der Waals surface area contributed by atoms with Gasteiger partial charge >= 0.3 is 0 Å². The van der Waals surface area contributed by atoms with Crippen molar-refractivity contribution in [2.24, 2.45) is 0 Å². The van der Waals surface area contributed by atoms with Crippen LogP contribution in [0.25, 0.3) is 0 Å². The van der Waals surface area contributed by atoms with Crippen LogP contribution in [-0.4, -0.2) is 41.7 Å². The van der Waals surface area contributed by atoms with Crippen molar-refractivity contribution in [2.45, 2.75) is 38.8 Å². The Labute approximate surface area is 170 Å². The van der Waals surface area contributed by atoms with Crippen LogP contribution in [0, 0.1) is 10.1 Å². The number of hydrogen-bond acceptors (Lipinski definition) is 5. The fourth-order valence-corrected chi connectivity index (χ4v) is 5.21. The van der Waals surface area contributed by atoms with Crippen molar-refractivity contribution < 1.29 is 18.1 Å². The number of nitrogens with zero attached hydrogens (tertiary/aromatic N) is 2. The van der Waals surface area contributed by atoms with Gasteiger partial charge in [0.15, 0.2) is 9.84 Å². The zero-order valence-electron chi connectivity index (χ0n) is 16.4. The van der Waals surface area contributed by atoms with Gasteiger partial charge in [0, 0.05) is 30.3 Å². The fraction of sp³-hybridized carbons (Fsp3) is 0.381. The van der Waals surface area contributed by atoms with Gasteiger partial charge in [0.05, 0.1) is 16.4 Å². The highest BCUT2D eigenvalue weighted by molar-refractivity contribution is 7.91. The third-order valence-corrected chi connectivity index (χ3v) is 6.98. The number of nitro groups is 1. The van der Waals surface area contributed by atoms with Crippen LogP contribution in [0.3, 0.4) is 0 Å². The SMILES string of the molecule is CC(C)c1ccc(CN(C(=O)c2ccc([N+](=O)[O-])cc2)[C@@H]2CCS(=O)(=O)C2)cc1. The van der Waals surface area contributed by atoms with Gasteiger partial charge < -0.3 is 4.90 Å². The summed E-state index contributed by atoms with van der Waals surface area (Å²) in [5, 5.41) is 10.9. The number of carbonyl (C=O) groups is 1. The number of amides is 1. The Morgan fingerprint density at radius 2 is 1.76 bits per heavy atom. The summed E-state index contributed by atoms with van der Waals surface area (Å²) < 4.78 is 24.0. The molecule has 3 rings (SSSR count). The average molecular weight is 416 g/mol. The van der Waals surface area contributed by atoms with E-state index < -0.39 is 20.8 Å². The summed E-state index contributed by atoms with van der Waals surface area (Å²) in [4.78, 5) is 25.1. The molecular weight excluding hydrogens is 392 g/mol. The van der Waals surface area contributed by atoms with Crippen LogP contribution in [-0.2, 0) is 16.4 Å². The Morgan fingerprint density at radius 1 is 1.14 bits per heavy atom. The first kappa shape index (κ1) is 21.0. The maximum atomic E-state index is 13.2. The molecule has 29 heavy (non-hydrogen) atoms. The van der Waals surface area contributed by atoms with Gasteiger partial charge in [-0.15, -0.1) is 0 Å². The zero-order chi connectivity index (χ0) is 21.2. The standard InChI is InChI=1S/C21H24N2O5S/c1-15(2)17-5-3-16(4-6-17)13-22(20-11-12-29(27,28)14-20)21(24)18-7-9-19(10-8-18)23(25)26/h3-10,15,20H,11-14H2,1-2H3/t20-/m1/s1. The predicted molar refractivity (Wildman–Crippen MR) is 111 cm³/mol. The molecule has 8 heteroatoms. The Balaban J connectivity index is 1.88. The number of sulfone groups is 1. The molecule has 0 spiro atoms. The molecule has 0 radical (unpaired) electrons. The maximum Gasteiger partial charge on any atom is 0.269 e. The quantitative estimate of drug-likeness (QED) is 0.530. The number of nitro benzene ring substituents is 1. The number of carbonyl (C=O) groups excluding carboxylic acids is 1. The van der Waals surface area contributed by atoms with Gasteiger partial charge in [0.1, 0.15) is 0 Å². The maximum absolute atomic E-state index is 13.2. The molecule has 1 fully saturated rings. The Bertz CT molecular complexity index is 998. The first-order valence-electron chi connectivity index (χ1n) is 9.51. The third-order valence-electron chi connectivity index (χ3n) is 5.23. The molecule has 0 aliphatic carbocycles. The molecule has 0 bridgehead atoms. The minimum Gasteiger partial charge on any atom is -0.330 e. The van der Waals surface area contributed by atoms with Crippen LogP contribution in [0.5, 0.6) is 0 Å². The van der Waals surface area contributed by atoms with Crippen molar-refractivity contribution in [3.8, 4) is 0 Å². The summed E-state index contributed by atoms with van der Waals surface area (Å²) in [5.41, 5.74) is 2.30. The predicted octanol–water partition coefficient (Wildman–Crippen LogP) is 3.55. The highest BCUT2D eigenvalue weighted by Gasteiger charge is 2.35. The van der Waals surface area contributed by atoms with Gasteiger partial charge in [-0.1, -0.05) is 38.1 Å². The van der Waals surface area contributed by atoms with Crippen molar-refractivity contribution in [1.29, 1.82) is 0 Å². The fourth-order valence-electron chi connectivity index (χ4n) is 3.48. The van der Waals surface area contributed by atoms with E-state index >= 15 is 0 Å². The molecule has 154 valence electrons. The van der Waals surface area contributed by atoms with Gasteiger partial charge in [-0.2, -0.15) is 0 Å². The van der Waals surface area contributed by atoms with Crippen LogP contribution in [0.4, 0.5) is 5.69 Å². The molecule has 0 unspecified atom stereocenters. The Kier molecular flexibility index (Phi) is 6.02. The summed E-state index contributed by atoms with van der Waals surface area (Å²) >= 11 is 0. The second kappa shape index (κ2) is 8.32. The first-order chi connectivity index (χ1) is 13.7. The molecule has 1 saturated heterocycles. The van der Waals surface area contributed by atoms with E-state index in [1.807, 2.05) is 24.3 Å². The molecule has 2 aromatic rings. The van der Waals surface area contributed by atoms with Gasteiger partial charge in [-0.05, 0) is 35.6 Å². The molecule has 0 N–H and O–H groups in total.